The van der Waals surface area contributed by atoms with Crippen LogP contribution in [0.4, 0.5) is 0 Å². The summed E-state index contributed by atoms with van der Waals surface area (Å²) in [6, 6.07) is 5.74. The molecule has 0 unspecified atom stereocenters. The van der Waals surface area contributed by atoms with E-state index in [4.69, 9.17) is 0 Å². The van der Waals surface area contributed by atoms with Gasteiger partial charge in [-0.05, 0) is 43.0 Å². The highest BCUT2D eigenvalue weighted by Crippen LogP contribution is 2.40. The fraction of sp³-hybridized carbons (Fsp3) is 0.500. The Hall–Kier alpha value is -1.88. The van der Waals surface area contributed by atoms with Crippen molar-refractivity contribution in [3.63, 3.8) is 0 Å². The van der Waals surface area contributed by atoms with Gasteiger partial charge in [0.1, 0.15) is 0 Å². The molecule has 0 saturated heterocycles. The molecule has 1 aromatic rings. The van der Waals surface area contributed by atoms with Crippen LogP contribution in [0.25, 0.3) is 0 Å². The monoisotopic (exact) mass is 288 g/mol. The Labute approximate surface area is 123 Å². The van der Waals surface area contributed by atoms with E-state index in [9.17, 15) is 14.7 Å². The van der Waals surface area contributed by atoms with Crippen molar-refractivity contribution in [2.75, 3.05) is 13.1 Å². The minimum absolute atomic E-state index is 0.152. The van der Waals surface area contributed by atoms with Crippen LogP contribution in [0.2, 0.25) is 0 Å². The van der Waals surface area contributed by atoms with Crippen molar-refractivity contribution >= 4 is 11.9 Å². The van der Waals surface area contributed by atoms with Crippen molar-refractivity contribution in [1.29, 1.82) is 0 Å². The molecule has 2 aliphatic rings. The molecule has 1 aliphatic heterocycles. The van der Waals surface area contributed by atoms with Crippen LogP contribution in [0.5, 0.6) is 0 Å². The lowest BCUT2D eigenvalue weighted by Gasteiger charge is -2.37. The van der Waals surface area contributed by atoms with Gasteiger partial charge in [-0.2, -0.15) is 0 Å². The summed E-state index contributed by atoms with van der Waals surface area (Å²) in [5, 5.41) is 15.4. The number of rotatable bonds is 4. The van der Waals surface area contributed by atoms with E-state index in [0.29, 0.717) is 18.4 Å². The number of carbonyl (C=O) groups excluding carboxylic acids is 1. The van der Waals surface area contributed by atoms with Crippen LogP contribution in [-0.2, 0) is 17.8 Å². The number of fused-ring (bicyclic) bond motifs is 1. The Kier molecular flexibility index (Phi) is 3.68. The van der Waals surface area contributed by atoms with E-state index in [1.165, 1.54) is 0 Å². The van der Waals surface area contributed by atoms with E-state index in [2.05, 4.69) is 10.6 Å². The molecule has 0 bridgehead atoms. The minimum atomic E-state index is -0.798. The highest BCUT2D eigenvalue weighted by molar-refractivity contribution is 5.96. The predicted molar refractivity (Wildman–Crippen MR) is 78.1 cm³/mol. The Morgan fingerprint density at radius 1 is 1.33 bits per heavy atom. The minimum Gasteiger partial charge on any atom is -0.481 e. The molecule has 1 amide bonds. The summed E-state index contributed by atoms with van der Waals surface area (Å²) in [6.45, 7) is 1.88. The summed E-state index contributed by atoms with van der Waals surface area (Å²) < 4.78 is 0. The molecule has 112 valence electrons. The van der Waals surface area contributed by atoms with Crippen LogP contribution in [0.15, 0.2) is 18.2 Å². The molecule has 5 nitrogen and oxygen atoms in total. The first-order valence-corrected chi connectivity index (χ1v) is 7.45. The molecule has 5 heteroatoms. The van der Waals surface area contributed by atoms with Crippen molar-refractivity contribution in [3.8, 4) is 0 Å². The molecule has 0 aromatic heterocycles. The zero-order chi connectivity index (χ0) is 14.9. The fourth-order valence-corrected chi connectivity index (χ4v) is 3.16. The zero-order valence-electron chi connectivity index (χ0n) is 11.9. The van der Waals surface area contributed by atoms with Gasteiger partial charge in [0.15, 0.2) is 0 Å². The van der Waals surface area contributed by atoms with Gasteiger partial charge in [-0.25, -0.2) is 0 Å². The maximum Gasteiger partial charge on any atom is 0.311 e. The number of aliphatic carboxylic acids is 1. The molecule has 21 heavy (non-hydrogen) atoms. The van der Waals surface area contributed by atoms with E-state index in [1.54, 1.807) is 0 Å². The third kappa shape index (κ3) is 2.53. The Balaban J connectivity index is 1.73. The summed E-state index contributed by atoms with van der Waals surface area (Å²) in [5.41, 5.74) is 2.19. The van der Waals surface area contributed by atoms with Crippen LogP contribution in [0.1, 0.15) is 40.7 Å². The number of nitrogens with one attached hydrogen (secondary N) is 2. The van der Waals surface area contributed by atoms with Crippen LogP contribution >= 0.6 is 0 Å². The number of amides is 1. The molecule has 3 rings (SSSR count). The third-order valence-electron chi connectivity index (χ3n) is 4.74. The average Bonchev–Trinajstić information content (AvgIpc) is 2.45. The summed E-state index contributed by atoms with van der Waals surface area (Å²) in [4.78, 5) is 23.7. The molecule has 1 saturated carbocycles. The van der Waals surface area contributed by atoms with Crippen LogP contribution in [-0.4, -0.2) is 30.1 Å². The first-order chi connectivity index (χ1) is 10.1. The number of hydrogen-bond acceptors (Lipinski definition) is 3. The Bertz CT molecular complexity index is 579. The molecule has 1 fully saturated rings. The summed E-state index contributed by atoms with van der Waals surface area (Å²) >= 11 is 0. The van der Waals surface area contributed by atoms with Gasteiger partial charge in [-0.1, -0.05) is 18.6 Å². The quantitative estimate of drug-likeness (QED) is 0.781. The normalized spacial score (nSPS) is 19.2. The number of hydrogen-bond donors (Lipinski definition) is 3. The molecule has 1 heterocycles. The summed E-state index contributed by atoms with van der Waals surface area (Å²) in [6.07, 6.45) is 3.07. The van der Waals surface area contributed by atoms with Crippen molar-refractivity contribution in [2.45, 2.75) is 32.2 Å². The molecule has 0 atom stereocenters. The highest BCUT2D eigenvalue weighted by Gasteiger charge is 2.44. The second kappa shape index (κ2) is 5.48. The molecule has 3 N–H and O–H groups in total. The van der Waals surface area contributed by atoms with Gasteiger partial charge < -0.3 is 15.7 Å². The fourth-order valence-electron chi connectivity index (χ4n) is 3.16. The first-order valence-electron chi connectivity index (χ1n) is 7.45. The van der Waals surface area contributed by atoms with Crippen molar-refractivity contribution < 1.29 is 14.7 Å². The molecular formula is C16H20N2O3. The topological polar surface area (TPSA) is 78.4 Å². The predicted octanol–water partition coefficient (Wildman–Crippen LogP) is 1.32. The van der Waals surface area contributed by atoms with E-state index in [0.717, 1.165) is 37.1 Å². The molecule has 1 aliphatic carbocycles. The molecule has 0 spiro atoms. The third-order valence-corrected chi connectivity index (χ3v) is 4.74. The zero-order valence-corrected chi connectivity index (χ0v) is 11.9. The Morgan fingerprint density at radius 2 is 2.14 bits per heavy atom. The highest BCUT2D eigenvalue weighted by atomic mass is 16.4. The van der Waals surface area contributed by atoms with Gasteiger partial charge in [0.05, 0.1) is 5.41 Å². The molecule has 0 radical (unpaired) electrons. The Morgan fingerprint density at radius 3 is 2.81 bits per heavy atom. The second-order valence-corrected chi connectivity index (χ2v) is 5.99. The number of benzene rings is 1. The number of carboxylic acid groups (broad SMARTS) is 1. The smallest absolute Gasteiger partial charge is 0.311 e. The largest absolute Gasteiger partial charge is 0.481 e. The maximum atomic E-state index is 12.4. The van der Waals surface area contributed by atoms with Crippen LogP contribution < -0.4 is 10.6 Å². The van der Waals surface area contributed by atoms with Crippen LogP contribution in [0, 0.1) is 5.41 Å². The molecule has 1 aromatic carbocycles. The van der Waals surface area contributed by atoms with Gasteiger partial charge in [-0.3, -0.25) is 9.59 Å². The maximum absolute atomic E-state index is 12.4. The lowest BCUT2D eigenvalue weighted by atomic mass is 9.69. The standard InChI is InChI=1S/C16H20N2O3/c19-14(18-10-16(15(20)21)6-2-7-16)13-4-1-3-11-9-17-8-5-12(11)13/h1,3-4,17H,2,5-10H2,(H,18,19)(H,20,21). The van der Waals surface area contributed by atoms with E-state index < -0.39 is 11.4 Å². The van der Waals surface area contributed by atoms with Gasteiger partial charge in [0, 0.05) is 18.7 Å². The number of carbonyl (C=O) groups is 2. The van der Waals surface area contributed by atoms with E-state index >= 15 is 0 Å². The van der Waals surface area contributed by atoms with Gasteiger partial charge in [0.25, 0.3) is 5.91 Å². The van der Waals surface area contributed by atoms with Crippen molar-refractivity contribution in [1.82, 2.24) is 10.6 Å². The molecular weight excluding hydrogens is 268 g/mol. The lowest BCUT2D eigenvalue weighted by molar-refractivity contribution is -0.153. The van der Waals surface area contributed by atoms with Gasteiger partial charge >= 0.3 is 5.97 Å². The van der Waals surface area contributed by atoms with E-state index in [-0.39, 0.29) is 12.5 Å². The number of carboxylic acids is 1. The summed E-state index contributed by atoms with van der Waals surface area (Å²) in [7, 11) is 0. The lowest BCUT2D eigenvalue weighted by Crippen LogP contribution is -2.47. The van der Waals surface area contributed by atoms with Crippen molar-refractivity contribution in [3.05, 3.63) is 34.9 Å². The SMILES string of the molecule is O=C(NCC1(C(=O)O)CCC1)c1cccc2c1CCNC2. The average molecular weight is 288 g/mol. The first kappa shape index (κ1) is 14.1. The summed E-state index contributed by atoms with van der Waals surface area (Å²) in [5.74, 6) is -0.949. The van der Waals surface area contributed by atoms with E-state index in [1.807, 2.05) is 18.2 Å². The second-order valence-electron chi connectivity index (χ2n) is 5.99. The van der Waals surface area contributed by atoms with Gasteiger partial charge in [-0.15, -0.1) is 0 Å². The van der Waals surface area contributed by atoms with Crippen molar-refractivity contribution in [2.24, 2.45) is 5.41 Å². The van der Waals surface area contributed by atoms with Gasteiger partial charge in [0.2, 0.25) is 0 Å². The van der Waals surface area contributed by atoms with Crippen LogP contribution in [0.3, 0.4) is 0 Å².